The van der Waals surface area contributed by atoms with E-state index in [1.807, 2.05) is 13.0 Å². The molecule has 0 nitrogen and oxygen atoms in total. The molecule has 0 bridgehead atoms. The lowest BCUT2D eigenvalue weighted by atomic mass is 10.2. The summed E-state index contributed by atoms with van der Waals surface area (Å²) in [5.74, 6) is -0.271. The predicted octanol–water partition coefficient (Wildman–Crippen LogP) is 3.90. The van der Waals surface area contributed by atoms with Crippen molar-refractivity contribution in [1.29, 1.82) is 0 Å². The number of benzene rings is 1. The molecular weight excluding hydrogens is 175 g/mol. The number of hydrogen-bond acceptors (Lipinski definition) is 0. The molecule has 0 saturated carbocycles. The Morgan fingerprint density at radius 1 is 1.50 bits per heavy atom. The molecule has 2 heteroatoms. The highest BCUT2D eigenvalue weighted by Gasteiger charge is 2.01. The number of halogens is 2. The van der Waals surface area contributed by atoms with Gasteiger partial charge >= 0.3 is 0 Å². The summed E-state index contributed by atoms with van der Waals surface area (Å²) in [5, 5.41) is 0.458. The second-order valence-corrected chi connectivity index (χ2v) is 2.85. The van der Waals surface area contributed by atoms with Crippen molar-refractivity contribution in [2.75, 3.05) is 0 Å². The van der Waals surface area contributed by atoms with Crippen molar-refractivity contribution in [3.05, 3.63) is 40.7 Å². The van der Waals surface area contributed by atoms with E-state index in [1.165, 1.54) is 6.07 Å². The van der Waals surface area contributed by atoms with Gasteiger partial charge in [0, 0.05) is 5.56 Å². The Morgan fingerprint density at radius 2 is 2.25 bits per heavy atom. The summed E-state index contributed by atoms with van der Waals surface area (Å²) in [6, 6.07) is 4.68. The van der Waals surface area contributed by atoms with E-state index in [4.69, 9.17) is 11.6 Å². The Labute approximate surface area is 76.7 Å². The largest absolute Gasteiger partial charge is 0.206 e. The van der Waals surface area contributed by atoms with Crippen LogP contribution in [-0.2, 0) is 0 Å². The van der Waals surface area contributed by atoms with Gasteiger partial charge in [-0.3, -0.25) is 0 Å². The van der Waals surface area contributed by atoms with Crippen LogP contribution in [0.1, 0.15) is 18.9 Å². The molecule has 0 heterocycles. The van der Waals surface area contributed by atoms with Crippen LogP contribution in [0.2, 0.25) is 5.02 Å². The van der Waals surface area contributed by atoms with E-state index in [0.29, 0.717) is 10.6 Å². The molecular formula is C10H10ClF. The van der Waals surface area contributed by atoms with E-state index in [9.17, 15) is 4.39 Å². The highest BCUT2D eigenvalue weighted by atomic mass is 35.5. The van der Waals surface area contributed by atoms with Crippen LogP contribution in [0.3, 0.4) is 0 Å². The molecule has 1 rings (SSSR count). The first-order chi connectivity index (χ1) is 5.75. The van der Waals surface area contributed by atoms with Crippen LogP contribution in [-0.4, -0.2) is 0 Å². The van der Waals surface area contributed by atoms with Crippen LogP contribution >= 0.6 is 11.6 Å². The molecule has 0 saturated heterocycles. The second kappa shape index (κ2) is 4.27. The molecule has 0 N–H and O–H groups in total. The lowest BCUT2D eigenvalue weighted by molar-refractivity contribution is 0.625. The van der Waals surface area contributed by atoms with Crippen LogP contribution < -0.4 is 0 Å². The maximum atomic E-state index is 13.0. The topological polar surface area (TPSA) is 0 Å². The summed E-state index contributed by atoms with van der Waals surface area (Å²) in [6.45, 7) is 1.99. The van der Waals surface area contributed by atoms with E-state index >= 15 is 0 Å². The van der Waals surface area contributed by atoms with Crippen LogP contribution in [0.4, 0.5) is 4.39 Å². The third-order valence-electron chi connectivity index (χ3n) is 1.52. The fourth-order valence-corrected chi connectivity index (χ4v) is 1.13. The van der Waals surface area contributed by atoms with Crippen LogP contribution in [0.15, 0.2) is 24.3 Å². The molecule has 0 radical (unpaired) electrons. The van der Waals surface area contributed by atoms with Crippen LogP contribution in [0, 0.1) is 5.82 Å². The van der Waals surface area contributed by atoms with Crippen LogP contribution in [0.25, 0.3) is 6.08 Å². The monoisotopic (exact) mass is 184 g/mol. The minimum absolute atomic E-state index is 0.271. The fraction of sp³-hybridized carbons (Fsp3) is 0.200. The summed E-state index contributed by atoms with van der Waals surface area (Å²) in [6.07, 6.45) is 4.46. The zero-order valence-corrected chi connectivity index (χ0v) is 7.61. The van der Waals surface area contributed by atoms with Crippen molar-refractivity contribution in [1.82, 2.24) is 0 Å². The highest BCUT2D eigenvalue weighted by molar-refractivity contribution is 6.32. The van der Waals surface area contributed by atoms with E-state index in [-0.39, 0.29) is 5.82 Å². The van der Waals surface area contributed by atoms with Gasteiger partial charge in [0.25, 0.3) is 0 Å². The van der Waals surface area contributed by atoms with Crippen molar-refractivity contribution in [2.45, 2.75) is 13.3 Å². The summed E-state index contributed by atoms with van der Waals surface area (Å²) >= 11 is 5.77. The number of hydrogen-bond donors (Lipinski definition) is 0. The minimum atomic E-state index is -0.271. The van der Waals surface area contributed by atoms with Crippen LogP contribution in [0.5, 0.6) is 0 Å². The quantitative estimate of drug-likeness (QED) is 0.654. The lowest BCUT2D eigenvalue weighted by Crippen LogP contribution is -1.81. The molecule has 0 aliphatic rings. The minimum Gasteiger partial charge on any atom is -0.206 e. The SMILES string of the molecule is CC/C=C/c1c(F)cccc1Cl. The van der Waals surface area contributed by atoms with Gasteiger partial charge in [-0.2, -0.15) is 0 Å². The van der Waals surface area contributed by atoms with Gasteiger partial charge in [0.1, 0.15) is 5.82 Å². The van der Waals surface area contributed by atoms with E-state index in [0.717, 1.165) is 6.42 Å². The Bertz CT molecular complexity index is 272. The van der Waals surface area contributed by atoms with Crippen molar-refractivity contribution in [2.24, 2.45) is 0 Å². The molecule has 0 aliphatic heterocycles. The average Bonchev–Trinajstić information content (AvgIpc) is 2.04. The maximum absolute atomic E-state index is 13.0. The number of allylic oxidation sites excluding steroid dienone is 1. The number of rotatable bonds is 2. The molecule has 12 heavy (non-hydrogen) atoms. The lowest BCUT2D eigenvalue weighted by Gasteiger charge is -1.98. The predicted molar refractivity (Wildman–Crippen MR) is 50.7 cm³/mol. The third-order valence-corrected chi connectivity index (χ3v) is 1.85. The molecule has 64 valence electrons. The van der Waals surface area contributed by atoms with Gasteiger partial charge in [0.15, 0.2) is 0 Å². The summed E-state index contributed by atoms with van der Waals surface area (Å²) in [7, 11) is 0. The average molecular weight is 185 g/mol. The Balaban J connectivity index is 3.04. The molecule has 0 aromatic heterocycles. The first-order valence-electron chi connectivity index (χ1n) is 3.86. The van der Waals surface area contributed by atoms with E-state index < -0.39 is 0 Å². The Kier molecular flexibility index (Phi) is 3.30. The van der Waals surface area contributed by atoms with Crippen molar-refractivity contribution < 1.29 is 4.39 Å². The van der Waals surface area contributed by atoms with Gasteiger partial charge in [0.2, 0.25) is 0 Å². The smallest absolute Gasteiger partial charge is 0.131 e. The van der Waals surface area contributed by atoms with Crippen molar-refractivity contribution in [3.63, 3.8) is 0 Å². The molecule has 0 atom stereocenters. The third kappa shape index (κ3) is 2.08. The zero-order chi connectivity index (χ0) is 8.97. The fourth-order valence-electron chi connectivity index (χ4n) is 0.906. The first kappa shape index (κ1) is 9.27. The molecule has 0 amide bonds. The second-order valence-electron chi connectivity index (χ2n) is 2.45. The Hall–Kier alpha value is -0.820. The summed E-state index contributed by atoms with van der Waals surface area (Å²) < 4.78 is 13.0. The first-order valence-corrected chi connectivity index (χ1v) is 4.24. The molecule has 1 aromatic rings. The molecule has 0 unspecified atom stereocenters. The van der Waals surface area contributed by atoms with E-state index in [2.05, 4.69) is 0 Å². The molecule has 0 fully saturated rings. The maximum Gasteiger partial charge on any atom is 0.131 e. The van der Waals surface area contributed by atoms with E-state index in [1.54, 1.807) is 18.2 Å². The standard InChI is InChI=1S/C10H10ClF/c1-2-3-5-8-9(11)6-4-7-10(8)12/h3-7H,2H2,1H3/b5-3+. The normalized spacial score (nSPS) is 10.9. The zero-order valence-electron chi connectivity index (χ0n) is 6.85. The van der Waals surface area contributed by atoms with Gasteiger partial charge in [-0.25, -0.2) is 4.39 Å². The van der Waals surface area contributed by atoms with Crippen molar-refractivity contribution in [3.8, 4) is 0 Å². The van der Waals surface area contributed by atoms with Crippen molar-refractivity contribution >= 4 is 17.7 Å². The van der Waals surface area contributed by atoms with Gasteiger partial charge in [0.05, 0.1) is 5.02 Å². The molecule has 0 aliphatic carbocycles. The molecule has 0 spiro atoms. The summed E-state index contributed by atoms with van der Waals surface area (Å²) in [5.41, 5.74) is 0.473. The van der Waals surface area contributed by atoms with Gasteiger partial charge in [-0.15, -0.1) is 0 Å². The highest BCUT2D eigenvalue weighted by Crippen LogP contribution is 2.20. The Morgan fingerprint density at radius 3 is 2.83 bits per heavy atom. The van der Waals surface area contributed by atoms with Gasteiger partial charge in [-0.1, -0.05) is 36.7 Å². The van der Waals surface area contributed by atoms with Gasteiger partial charge < -0.3 is 0 Å². The summed E-state index contributed by atoms with van der Waals surface area (Å²) in [4.78, 5) is 0. The molecule has 1 aromatic carbocycles. The van der Waals surface area contributed by atoms with Gasteiger partial charge in [-0.05, 0) is 18.6 Å².